The SMILES string of the molecule is CCCCC(=O)N(CC(C)C)CC1CCCN1. The lowest BCUT2D eigenvalue weighted by molar-refractivity contribution is -0.132. The molecule has 1 N–H and O–H groups in total. The number of nitrogens with zero attached hydrogens (tertiary/aromatic N) is 1. The summed E-state index contributed by atoms with van der Waals surface area (Å²) in [5.74, 6) is 0.899. The van der Waals surface area contributed by atoms with Gasteiger partial charge in [0.25, 0.3) is 0 Å². The van der Waals surface area contributed by atoms with Crippen molar-refractivity contribution in [3.05, 3.63) is 0 Å². The van der Waals surface area contributed by atoms with E-state index in [0.717, 1.165) is 38.9 Å². The van der Waals surface area contributed by atoms with Gasteiger partial charge < -0.3 is 10.2 Å². The van der Waals surface area contributed by atoms with Crippen molar-refractivity contribution < 1.29 is 4.79 Å². The largest absolute Gasteiger partial charge is 0.341 e. The monoisotopic (exact) mass is 240 g/mol. The molecule has 0 aliphatic carbocycles. The van der Waals surface area contributed by atoms with E-state index < -0.39 is 0 Å². The zero-order valence-electron chi connectivity index (χ0n) is 11.7. The van der Waals surface area contributed by atoms with Crippen molar-refractivity contribution in [2.45, 2.75) is 58.9 Å². The molecule has 0 aromatic heterocycles. The average molecular weight is 240 g/mol. The molecule has 1 amide bonds. The minimum Gasteiger partial charge on any atom is -0.341 e. The minimum absolute atomic E-state index is 0.342. The lowest BCUT2D eigenvalue weighted by atomic mass is 10.1. The molecule has 1 aliphatic rings. The lowest BCUT2D eigenvalue weighted by Crippen LogP contribution is -2.42. The number of nitrogens with one attached hydrogen (secondary N) is 1. The van der Waals surface area contributed by atoms with Gasteiger partial charge in [0.1, 0.15) is 0 Å². The summed E-state index contributed by atoms with van der Waals surface area (Å²) >= 11 is 0. The smallest absolute Gasteiger partial charge is 0.222 e. The normalized spacial score (nSPS) is 19.9. The Morgan fingerprint density at radius 3 is 2.76 bits per heavy atom. The molecular weight excluding hydrogens is 212 g/mol. The van der Waals surface area contributed by atoms with Crippen LogP contribution in [0.2, 0.25) is 0 Å². The molecule has 0 spiro atoms. The van der Waals surface area contributed by atoms with Gasteiger partial charge in [-0.25, -0.2) is 0 Å². The topological polar surface area (TPSA) is 32.3 Å². The maximum Gasteiger partial charge on any atom is 0.222 e. The summed E-state index contributed by atoms with van der Waals surface area (Å²) in [7, 11) is 0. The number of carbonyl (C=O) groups is 1. The fraction of sp³-hybridized carbons (Fsp3) is 0.929. The fourth-order valence-electron chi connectivity index (χ4n) is 2.38. The first kappa shape index (κ1) is 14.5. The highest BCUT2D eigenvalue weighted by atomic mass is 16.2. The summed E-state index contributed by atoms with van der Waals surface area (Å²) < 4.78 is 0. The fourth-order valence-corrected chi connectivity index (χ4v) is 2.38. The zero-order chi connectivity index (χ0) is 12.7. The van der Waals surface area contributed by atoms with Crippen molar-refractivity contribution in [2.75, 3.05) is 19.6 Å². The van der Waals surface area contributed by atoms with E-state index in [9.17, 15) is 4.79 Å². The van der Waals surface area contributed by atoms with Crippen LogP contribution in [0.4, 0.5) is 0 Å². The summed E-state index contributed by atoms with van der Waals surface area (Å²) in [5, 5.41) is 3.48. The van der Waals surface area contributed by atoms with Crippen LogP contribution in [0.15, 0.2) is 0 Å². The summed E-state index contributed by atoms with van der Waals surface area (Å²) in [6.45, 7) is 9.42. The van der Waals surface area contributed by atoms with Gasteiger partial charge in [0.05, 0.1) is 0 Å². The molecule has 0 radical (unpaired) electrons. The van der Waals surface area contributed by atoms with Crippen LogP contribution in [0, 0.1) is 5.92 Å². The zero-order valence-corrected chi connectivity index (χ0v) is 11.7. The molecule has 0 aromatic carbocycles. The van der Waals surface area contributed by atoms with Crippen molar-refractivity contribution in [3.8, 4) is 0 Å². The highest BCUT2D eigenvalue weighted by Gasteiger charge is 2.21. The Morgan fingerprint density at radius 2 is 2.24 bits per heavy atom. The minimum atomic E-state index is 0.342. The highest BCUT2D eigenvalue weighted by Crippen LogP contribution is 2.11. The van der Waals surface area contributed by atoms with Crippen molar-refractivity contribution in [3.63, 3.8) is 0 Å². The lowest BCUT2D eigenvalue weighted by Gasteiger charge is -2.27. The Hall–Kier alpha value is -0.570. The molecule has 3 heteroatoms. The number of hydrogen-bond acceptors (Lipinski definition) is 2. The molecule has 100 valence electrons. The predicted octanol–water partition coefficient (Wildman–Crippen LogP) is 2.41. The van der Waals surface area contributed by atoms with Gasteiger partial charge in [-0.15, -0.1) is 0 Å². The summed E-state index contributed by atoms with van der Waals surface area (Å²) in [4.78, 5) is 14.2. The third kappa shape index (κ3) is 5.53. The van der Waals surface area contributed by atoms with Crippen LogP contribution < -0.4 is 5.32 Å². The van der Waals surface area contributed by atoms with Gasteiger partial charge in [-0.3, -0.25) is 4.79 Å². The first-order valence-corrected chi connectivity index (χ1v) is 7.14. The second-order valence-corrected chi connectivity index (χ2v) is 5.59. The van der Waals surface area contributed by atoms with Crippen molar-refractivity contribution in [2.24, 2.45) is 5.92 Å². The van der Waals surface area contributed by atoms with Crippen LogP contribution in [-0.2, 0) is 4.79 Å². The molecule has 1 aliphatic heterocycles. The van der Waals surface area contributed by atoms with E-state index >= 15 is 0 Å². The maximum atomic E-state index is 12.1. The maximum absolute atomic E-state index is 12.1. The van der Waals surface area contributed by atoms with Gasteiger partial charge in [-0.2, -0.15) is 0 Å². The number of hydrogen-bond donors (Lipinski definition) is 1. The van der Waals surface area contributed by atoms with Crippen LogP contribution >= 0.6 is 0 Å². The second-order valence-electron chi connectivity index (χ2n) is 5.59. The Kier molecular flexibility index (Phi) is 6.56. The number of carbonyl (C=O) groups excluding carboxylic acids is 1. The van der Waals surface area contributed by atoms with Crippen molar-refractivity contribution >= 4 is 5.91 Å². The molecule has 17 heavy (non-hydrogen) atoms. The van der Waals surface area contributed by atoms with Gasteiger partial charge in [0.15, 0.2) is 0 Å². The van der Waals surface area contributed by atoms with E-state index in [0.29, 0.717) is 17.9 Å². The molecule has 1 heterocycles. The molecule has 0 bridgehead atoms. The number of unbranched alkanes of at least 4 members (excludes halogenated alkanes) is 1. The molecule has 0 aromatic rings. The summed E-state index contributed by atoms with van der Waals surface area (Å²) in [5.41, 5.74) is 0. The Bertz CT molecular complexity index is 222. The Morgan fingerprint density at radius 1 is 1.47 bits per heavy atom. The van der Waals surface area contributed by atoms with E-state index in [2.05, 4.69) is 31.0 Å². The molecule has 1 rings (SSSR count). The van der Waals surface area contributed by atoms with E-state index in [1.807, 2.05) is 0 Å². The van der Waals surface area contributed by atoms with Crippen LogP contribution in [0.25, 0.3) is 0 Å². The Labute approximate surface area is 106 Å². The third-order valence-corrected chi connectivity index (χ3v) is 3.29. The van der Waals surface area contributed by atoms with E-state index in [1.165, 1.54) is 12.8 Å². The van der Waals surface area contributed by atoms with Gasteiger partial charge in [0.2, 0.25) is 5.91 Å². The standard InChI is InChI=1S/C14H28N2O/c1-4-5-8-14(17)16(10-12(2)3)11-13-7-6-9-15-13/h12-13,15H,4-11H2,1-3H3. The van der Waals surface area contributed by atoms with Gasteiger partial charge in [-0.1, -0.05) is 27.2 Å². The molecule has 1 atom stereocenters. The van der Waals surface area contributed by atoms with Gasteiger partial charge in [-0.05, 0) is 31.7 Å². The van der Waals surface area contributed by atoms with Crippen LogP contribution in [0.5, 0.6) is 0 Å². The van der Waals surface area contributed by atoms with E-state index in [-0.39, 0.29) is 0 Å². The van der Waals surface area contributed by atoms with Crippen molar-refractivity contribution in [1.82, 2.24) is 10.2 Å². The quantitative estimate of drug-likeness (QED) is 0.741. The van der Waals surface area contributed by atoms with Gasteiger partial charge in [0, 0.05) is 25.6 Å². The molecule has 3 nitrogen and oxygen atoms in total. The van der Waals surface area contributed by atoms with E-state index in [1.54, 1.807) is 0 Å². The molecular formula is C14H28N2O. The molecule has 1 unspecified atom stereocenters. The molecule has 0 saturated carbocycles. The first-order valence-electron chi connectivity index (χ1n) is 7.14. The Balaban J connectivity index is 2.43. The number of rotatable bonds is 7. The van der Waals surface area contributed by atoms with Crippen LogP contribution in [0.3, 0.4) is 0 Å². The number of amides is 1. The second kappa shape index (κ2) is 7.70. The molecule has 1 fully saturated rings. The van der Waals surface area contributed by atoms with Gasteiger partial charge >= 0.3 is 0 Å². The summed E-state index contributed by atoms with van der Waals surface area (Å²) in [6.07, 6.45) is 5.31. The molecule has 1 saturated heterocycles. The predicted molar refractivity (Wildman–Crippen MR) is 72.0 cm³/mol. The average Bonchev–Trinajstić information content (AvgIpc) is 2.77. The van der Waals surface area contributed by atoms with Crippen molar-refractivity contribution in [1.29, 1.82) is 0 Å². The first-order chi connectivity index (χ1) is 8.13. The van der Waals surface area contributed by atoms with Crippen LogP contribution in [-0.4, -0.2) is 36.5 Å². The third-order valence-electron chi connectivity index (χ3n) is 3.29. The van der Waals surface area contributed by atoms with Crippen LogP contribution in [0.1, 0.15) is 52.9 Å². The summed E-state index contributed by atoms with van der Waals surface area (Å²) in [6, 6.07) is 0.527. The van der Waals surface area contributed by atoms with E-state index in [4.69, 9.17) is 0 Å². The highest BCUT2D eigenvalue weighted by molar-refractivity contribution is 5.76.